The summed E-state index contributed by atoms with van der Waals surface area (Å²) in [5.74, 6) is -2.29. The Bertz CT molecular complexity index is 638. The maximum atomic E-state index is 11.1. The van der Waals surface area contributed by atoms with Gasteiger partial charge in [-0.05, 0) is 23.8 Å². The maximum absolute atomic E-state index is 11.1. The van der Waals surface area contributed by atoms with Crippen LogP contribution in [0.4, 0.5) is 0 Å². The van der Waals surface area contributed by atoms with E-state index in [1.807, 2.05) is 0 Å². The van der Waals surface area contributed by atoms with Gasteiger partial charge in [-0.1, -0.05) is 12.1 Å². The molecule has 2 rings (SSSR count). The topological polar surface area (TPSA) is 145 Å². The number of aliphatic hydroxyl groups is 3. The molecule has 1 aromatic carbocycles. The predicted molar refractivity (Wildman–Crippen MR) is 81.4 cm³/mol. The first-order valence-electron chi connectivity index (χ1n) is 7.21. The third-order valence-electron chi connectivity index (χ3n) is 3.84. The Hall–Kier alpha value is -2.42. The van der Waals surface area contributed by atoms with Crippen molar-refractivity contribution >= 4 is 18.0 Å². The lowest BCUT2D eigenvalue weighted by Gasteiger charge is -2.39. The normalized spacial score (nSPS) is 30.2. The molecule has 1 saturated carbocycles. The van der Waals surface area contributed by atoms with Crippen LogP contribution in [0, 0.1) is 0 Å². The van der Waals surface area contributed by atoms with Gasteiger partial charge in [0, 0.05) is 18.9 Å². The van der Waals surface area contributed by atoms with E-state index in [0.29, 0.717) is 5.56 Å². The first-order valence-corrected chi connectivity index (χ1v) is 7.21. The predicted octanol–water partition coefficient (Wildman–Crippen LogP) is -0.137. The van der Waals surface area contributed by atoms with E-state index in [2.05, 4.69) is 0 Å². The number of aliphatic hydroxyl groups excluding tert-OH is 2. The summed E-state index contributed by atoms with van der Waals surface area (Å²) in [6, 6.07) is 6.16. The molecule has 8 nitrogen and oxygen atoms in total. The fourth-order valence-corrected chi connectivity index (χ4v) is 2.54. The van der Waals surface area contributed by atoms with E-state index >= 15 is 0 Å². The van der Waals surface area contributed by atoms with Crippen LogP contribution in [0.15, 0.2) is 30.3 Å². The SMILES string of the molecule is O=C(O)C=Cc1ccc(OC2CC(O)(C(=O)O)CC(O)C2O)cc1. The van der Waals surface area contributed by atoms with Crippen LogP contribution in [0.25, 0.3) is 6.08 Å². The van der Waals surface area contributed by atoms with Gasteiger partial charge in [0.05, 0.1) is 6.10 Å². The number of carboxylic acids is 2. The zero-order valence-electron chi connectivity index (χ0n) is 12.6. The number of hydrogen-bond acceptors (Lipinski definition) is 6. The molecule has 1 fully saturated rings. The molecule has 0 bridgehead atoms. The van der Waals surface area contributed by atoms with Crippen LogP contribution in [0.5, 0.6) is 5.75 Å². The second-order valence-corrected chi connectivity index (χ2v) is 5.70. The summed E-state index contributed by atoms with van der Waals surface area (Å²) in [7, 11) is 0. The summed E-state index contributed by atoms with van der Waals surface area (Å²) in [5, 5.41) is 47.4. The van der Waals surface area contributed by atoms with Gasteiger partial charge in [0.25, 0.3) is 0 Å². The van der Waals surface area contributed by atoms with Crippen LogP contribution < -0.4 is 4.74 Å². The minimum Gasteiger partial charge on any atom is -0.487 e. The molecule has 0 aromatic heterocycles. The molecule has 0 spiro atoms. The molecule has 4 atom stereocenters. The third kappa shape index (κ3) is 4.10. The molecule has 0 heterocycles. The van der Waals surface area contributed by atoms with Crippen LogP contribution in [0.2, 0.25) is 0 Å². The van der Waals surface area contributed by atoms with Crippen molar-refractivity contribution in [2.75, 3.05) is 0 Å². The fraction of sp³-hybridized carbons (Fsp3) is 0.375. The quantitative estimate of drug-likeness (QED) is 0.467. The molecular formula is C16H18O8. The summed E-state index contributed by atoms with van der Waals surface area (Å²) in [5.41, 5.74) is -1.57. The molecule has 0 radical (unpaired) electrons. The number of ether oxygens (including phenoxy) is 1. The van der Waals surface area contributed by atoms with Crippen LogP contribution in [-0.2, 0) is 9.59 Å². The molecule has 4 unspecified atom stereocenters. The van der Waals surface area contributed by atoms with E-state index in [-0.39, 0.29) is 12.2 Å². The van der Waals surface area contributed by atoms with Crippen LogP contribution in [0.1, 0.15) is 18.4 Å². The van der Waals surface area contributed by atoms with E-state index in [9.17, 15) is 24.9 Å². The number of benzene rings is 1. The molecule has 0 amide bonds. The van der Waals surface area contributed by atoms with Crippen molar-refractivity contribution in [2.24, 2.45) is 0 Å². The molecular weight excluding hydrogens is 320 g/mol. The van der Waals surface area contributed by atoms with Gasteiger partial charge < -0.3 is 30.3 Å². The minimum absolute atomic E-state index is 0.286. The van der Waals surface area contributed by atoms with Gasteiger partial charge in [0.15, 0.2) is 5.60 Å². The smallest absolute Gasteiger partial charge is 0.335 e. The Morgan fingerprint density at radius 2 is 1.75 bits per heavy atom. The van der Waals surface area contributed by atoms with E-state index < -0.39 is 42.3 Å². The molecule has 1 aliphatic carbocycles. The Labute approximate surface area is 137 Å². The van der Waals surface area contributed by atoms with Crippen LogP contribution in [-0.4, -0.2) is 61.4 Å². The van der Waals surface area contributed by atoms with E-state index in [0.717, 1.165) is 6.08 Å². The van der Waals surface area contributed by atoms with Crippen LogP contribution in [0.3, 0.4) is 0 Å². The molecule has 0 saturated heterocycles. The summed E-state index contributed by atoms with van der Waals surface area (Å²) in [6.07, 6.45) is -2.36. The summed E-state index contributed by atoms with van der Waals surface area (Å²) < 4.78 is 5.49. The van der Waals surface area contributed by atoms with Crippen LogP contribution >= 0.6 is 0 Å². The highest BCUT2D eigenvalue weighted by molar-refractivity contribution is 5.85. The second kappa shape index (κ2) is 7.00. The monoisotopic (exact) mass is 338 g/mol. The van der Waals surface area contributed by atoms with Crippen molar-refractivity contribution in [3.8, 4) is 5.75 Å². The fourth-order valence-electron chi connectivity index (χ4n) is 2.54. The second-order valence-electron chi connectivity index (χ2n) is 5.70. The molecule has 130 valence electrons. The van der Waals surface area contributed by atoms with E-state index in [1.165, 1.54) is 18.2 Å². The molecule has 0 aliphatic heterocycles. The first kappa shape index (κ1) is 17.9. The van der Waals surface area contributed by atoms with Crippen molar-refractivity contribution in [1.82, 2.24) is 0 Å². The van der Waals surface area contributed by atoms with Gasteiger partial charge in [0.2, 0.25) is 0 Å². The van der Waals surface area contributed by atoms with Crippen molar-refractivity contribution in [1.29, 1.82) is 0 Å². The molecule has 5 N–H and O–H groups in total. The van der Waals surface area contributed by atoms with Gasteiger partial charge in [-0.25, -0.2) is 9.59 Å². The van der Waals surface area contributed by atoms with Gasteiger partial charge in [0.1, 0.15) is 18.0 Å². The highest BCUT2D eigenvalue weighted by Gasteiger charge is 2.50. The van der Waals surface area contributed by atoms with Gasteiger partial charge in [-0.3, -0.25) is 0 Å². The molecule has 24 heavy (non-hydrogen) atoms. The Balaban J connectivity index is 2.11. The number of carboxylic acid groups (broad SMARTS) is 2. The number of hydrogen-bond donors (Lipinski definition) is 5. The largest absolute Gasteiger partial charge is 0.487 e. The molecule has 8 heteroatoms. The van der Waals surface area contributed by atoms with Crippen molar-refractivity contribution in [3.63, 3.8) is 0 Å². The maximum Gasteiger partial charge on any atom is 0.335 e. The van der Waals surface area contributed by atoms with Gasteiger partial charge in [-0.15, -0.1) is 0 Å². The minimum atomic E-state index is -2.17. The van der Waals surface area contributed by atoms with Gasteiger partial charge in [-0.2, -0.15) is 0 Å². The van der Waals surface area contributed by atoms with Gasteiger partial charge >= 0.3 is 11.9 Å². The molecule has 1 aliphatic rings. The zero-order chi connectivity index (χ0) is 17.9. The average Bonchev–Trinajstić information content (AvgIpc) is 2.51. The Kier molecular flexibility index (Phi) is 5.23. The first-order chi connectivity index (χ1) is 11.2. The van der Waals surface area contributed by atoms with Crippen molar-refractivity contribution < 1.29 is 39.9 Å². The molecule has 1 aromatic rings. The van der Waals surface area contributed by atoms with E-state index in [1.54, 1.807) is 12.1 Å². The Morgan fingerprint density at radius 1 is 1.12 bits per heavy atom. The summed E-state index contributed by atoms with van der Waals surface area (Å²) in [6.45, 7) is 0. The zero-order valence-corrected chi connectivity index (χ0v) is 12.6. The van der Waals surface area contributed by atoms with E-state index in [4.69, 9.17) is 14.9 Å². The standard InChI is InChI=1S/C16H18O8/c17-11-7-16(23,15(21)22)8-12(14(11)20)24-10-4-1-9(2-5-10)3-6-13(18)19/h1-6,11-12,14,17,20,23H,7-8H2,(H,18,19)(H,21,22). The van der Waals surface area contributed by atoms with Crippen molar-refractivity contribution in [3.05, 3.63) is 35.9 Å². The lowest BCUT2D eigenvalue weighted by Crippen LogP contribution is -2.57. The van der Waals surface area contributed by atoms with Crippen molar-refractivity contribution in [2.45, 2.75) is 36.8 Å². The third-order valence-corrected chi connectivity index (χ3v) is 3.84. The number of carbonyl (C=O) groups is 2. The highest BCUT2D eigenvalue weighted by atomic mass is 16.5. The lowest BCUT2D eigenvalue weighted by atomic mass is 9.79. The summed E-state index contributed by atoms with van der Waals surface area (Å²) >= 11 is 0. The number of rotatable bonds is 5. The number of aliphatic carboxylic acids is 2. The summed E-state index contributed by atoms with van der Waals surface area (Å²) in [4.78, 5) is 21.6. The average molecular weight is 338 g/mol. The Morgan fingerprint density at radius 3 is 2.29 bits per heavy atom. The lowest BCUT2D eigenvalue weighted by molar-refractivity contribution is -0.184. The highest BCUT2D eigenvalue weighted by Crippen LogP contribution is 2.32.